The third-order valence-corrected chi connectivity index (χ3v) is 4.00. The summed E-state index contributed by atoms with van der Waals surface area (Å²) in [6, 6.07) is 6.21. The number of ether oxygens (including phenoxy) is 1. The van der Waals surface area contributed by atoms with Crippen molar-refractivity contribution in [2.24, 2.45) is 5.92 Å². The van der Waals surface area contributed by atoms with Crippen LogP contribution in [0.1, 0.15) is 23.9 Å². The summed E-state index contributed by atoms with van der Waals surface area (Å²) in [5, 5.41) is 1.07. The summed E-state index contributed by atoms with van der Waals surface area (Å²) in [4.78, 5) is 16.0. The molecule has 0 aliphatic carbocycles. The van der Waals surface area contributed by atoms with Gasteiger partial charge in [0.15, 0.2) is 0 Å². The highest BCUT2D eigenvalue weighted by Crippen LogP contribution is 2.24. The fourth-order valence-corrected chi connectivity index (χ4v) is 2.95. The second kappa shape index (κ2) is 5.48. The lowest BCUT2D eigenvalue weighted by molar-refractivity contribution is -0.145. The Morgan fingerprint density at radius 3 is 2.94 bits per heavy atom. The van der Waals surface area contributed by atoms with Gasteiger partial charge in [0.25, 0.3) is 0 Å². The Bertz CT molecular complexity index is 562. The van der Waals surface area contributed by atoms with Crippen LogP contribution in [-0.2, 0) is 16.0 Å². The minimum Gasteiger partial charge on any atom is -0.469 e. The Labute approximate surface area is 111 Å². The van der Waals surface area contributed by atoms with E-state index < -0.39 is 0 Å². The topological polar surface area (TPSA) is 39.2 Å². The molecule has 0 amide bonds. The Hall–Kier alpha value is -1.42. The van der Waals surface area contributed by atoms with Gasteiger partial charge < -0.3 is 4.74 Å². The molecule has 0 N–H and O–H groups in total. The van der Waals surface area contributed by atoms with Crippen molar-refractivity contribution in [2.45, 2.75) is 26.7 Å². The summed E-state index contributed by atoms with van der Waals surface area (Å²) in [5.74, 6) is -0.181. The number of hydrogen-bond acceptors (Lipinski definition) is 4. The van der Waals surface area contributed by atoms with Crippen LogP contribution in [0.2, 0.25) is 0 Å². The van der Waals surface area contributed by atoms with Crippen LogP contribution in [0.5, 0.6) is 0 Å². The second-order valence-corrected chi connectivity index (χ2v) is 5.60. The molecule has 0 aliphatic heterocycles. The number of thiazole rings is 1. The number of methoxy groups -OCH3 is 1. The first-order valence-corrected chi connectivity index (χ1v) is 6.89. The van der Waals surface area contributed by atoms with E-state index in [1.54, 1.807) is 11.3 Å². The van der Waals surface area contributed by atoms with E-state index in [2.05, 4.69) is 11.1 Å². The number of rotatable bonds is 4. The van der Waals surface area contributed by atoms with Gasteiger partial charge in [0.05, 0.1) is 28.3 Å². The molecular formula is C14H17NO2S. The molecule has 0 aliphatic rings. The zero-order valence-corrected chi connectivity index (χ0v) is 11.7. The van der Waals surface area contributed by atoms with Gasteiger partial charge in [0, 0.05) is 0 Å². The second-order valence-electron chi connectivity index (χ2n) is 4.37. The summed E-state index contributed by atoms with van der Waals surface area (Å²) in [5.41, 5.74) is 2.20. The van der Waals surface area contributed by atoms with Crippen molar-refractivity contribution >= 4 is 27.5 Å². The van der Waals surface area contributed by atoms with E-state index in [1.165, 1.54) is 17.4 Å². The number of benzene rings is 1. The van der Waals surface area contributed by atoms with Crippen LogP contribution in [-0.4, -0.2) is 18.1 Å². The predicted octanol–water partition coefficient (Wildman–Crippen LogP) is 3.35. The van der Waals surface area contributed by atoms with Crippen LogP contribution in [0.25, 0.3) is 10.2 Å². The smallest absolute Gasteiger partial charge is 0.308 e. The number of fused-ring (bicyclic) bond motifs is 1. The standard InChI is InChI=1S/C14H17NO2S/c1-4-11(14(16)17-3)7-10-5-6-12-13(8-10)18-9(2)15-12/h5-6,8,11H,4,7H2,1-3H3. The van der Waals surface area contributed by atoms with Gasteiger partial charge in [-0.15, -0.1) is 11.3 Å². The molecule has 2 aromatic rings. The highest BCUT2D eigenvalue weighted by Gasteiger charge is 2.17. The van der Waals surface area contributed by atoms with Crippen molar-refractivity contribution in [3.05, 3.63) is 28.8 Å². The molecule has 2 rings (SSSR count). The lowest BCUT2D eigenvalue weighted by atomic mass is 9.97. The van der Waals surface area contributed by atoms with Gasteiger partial charge in [-0.05, 0) is 37.5 Å². The quantitative estimate of drug-likeness (QED) is 0.794. The first kappa shape index (κ1) is 13.0. The SMILES string of the molecule is CCC(Cc1ccc2nc(C)sc2c1)C(=O)OC. The minimum atomic E-state index is -0.127. The van der Waals surface area contributed by atoms with E-state index in [-0.39, 0.29) is 11.9 Å². The van der Waals surface area contributed by atoms with Gasteiger partial charge in [-0.2, -0.15) is 0 Å². The number of nitrogens with zero attached hydrogens (tertiary/aromatic N) is 1. The number of hydrogen-bond donors (Lipinski definition) is 0. The van der Waals surface area contributed by atoms with Crippen molar-refractivity contribution in [3.63, 3.8) is 0 Å². The Morgan fingerprint density at radius 1 is 1.50 bits per heavy atom. The molecule has 0 fully saturated rings. The van der Waals surface area contributed by atoms with E-state index in [0.717, 1.165) is 23.4 Å². The van der Waals surface area contributed by atoms with Crippen molar-refractivity contribution in [2.75, 3.05) is 7.11 Å². The summed E-state index contributed by atoms with van der Waals surface area (Å²) in [6.45, 7) is 4.02. The molecule has 0 saturated heterocycles. The van der Waals surface area contributed by atoms with Crippen LogP contribution in [0.3, 0.4) is 0 Å². The van der Waals surface area contributed by atoms with E-state index in [0.29, 0.717) is 0 Å². The molecule has 3 nitrogen and oxygen atoms in total. The molecule has 0 spiro atoms. The summed E-state index contributed by atoms with van der Waals surface area (Å²) >= 11 is 1.69. The number of aromatic nitrogens is 1. The van der Waals surface area contributed by atoms with Crippen LogP contribution < -0.4 is 0 Å². The van der Waals surface area contributed by atoms with Gasteiger partial charge in [0.1, 0.15) is 0 Å². The van der Waals surface area contributed by atoms with E-state index in [4.69, 9.17) is 4.74 Å². The largest absolute Gasteiger partial charge is 0.469 e. The van der Waals surface area contributed by atoms with Gasteiger partial charge in [-0.25, -0.2) is 4.98 Å². The molecular weight excluding hydrogens is 246 g/mol. The maximum absolute atomic E-state index is 11.6. The summed E-state index contributed by atoms with van der Waals surface area (Å²) in [6.07, 6.45) is 1.53. The van der Waals surface area contributed by atoms with Crippen molar-refractivity contribution in [3.8, 4) is 0 Å². The van der Waals surface area contributed by atoms with E-state index >= 15 is 0 Å². The van der Waals surface area contributed by atoms with Crippen molar-refractivity contribution < 1.29 is 9.53 Å². The summed E-state index contributed by atoms with van der Waals surface area (Å²) < 4.78 is 6.00. The molecule has 1 atom stereocenters. The minimum absolute atomic E-state index is 0.0542. The molecule has 0 bridgehead atoms. The van der Waals surface area contributed by atoms with Crippen LogP contribution in [0, 0.1) is 12.8 Å². The maximum atomic E-state index is 11.6. The predicted molar refractivity (Wildman–Crippen MR) is 73.9 cm³/mol. The fourth-order valence-electron chi connectivity index (χ4n) is 2.06. The number of carbonyl (C=O) groups excluding carboxylic acids is 1. The van der Waals surface area contributed by atoms with Gasteiger partial charge in [0.2, 0.25) is 0 Å². The molecule has 18 heavy (non-hydrogen) atoms. The highest BCUT2D eigenvalue weighted by atomic mass is 32.1. The average molecular weight is 263 g/mol. The van der Waals surface area contributed by atoms with Gasteiger partial charge in [-0.3, -0.25) is 4.79 Å². The lowest BCUT2D eigenvalue weighted by Crippen LogP contribution is -2.17. The van der Waals surface area contributed by atoms with Crippen LogP contribution >= 0.6 is 11.3 Å². The molecule has 1 heterocycles. The number of esters is 1. The van der Waals surface area contributed by atoms with Gasteiger partial charge in [-0.1, -0.05) is 13.0 Å². The Morgan fingerprint density at radius 2 is 2.28 bits per heavy atom. The number of aryl methyl sites for hydroxylation is 1. The molecule has 0 saturated carbocycles. The Balaban J connectivity index is 2.22. The Kier molecular flexibility index (Phi) is 3.97. The van der Waals surface area contributed by atoms with Gasteiger partial charge >= 0.3 is 5.97 Å². The lowest BCUT2D eigenvalue weighted by Gasteiger charge is -2.12. The fraction of sp³-hybridized carbons (Fsp3) is 0.429. The molecule has 4 heteroatoms. The third-order valence-electron chi connectivity index (χ3n) is 3.07. The van der Waals surface area contributed by atoms with E-state index in [1.807, 2.05) is 26.0 Å². The first-order valence-electron chi connectivity index (χ1n) is 6.08. The van der Waals surface area contributed by atoms with E-state index in [9.17, 15) is 4.79 Å². The molecule has 0 radical (unpaired) electrons. The van der Waals surface area contributed by atoms with Crippen molar-refractivity contribution in [1.29, 1.82) is 0 Å². The molecule has 1 aromatic carbocycles. The maximum Gasteiger partial charge on any atom is 0.308 e. The summed E-state index contributed by atoms with van der Waals surface area (Å²) in [7, 11) is 1.45. The van der Waals surface area contributed by atoms with Crippen LogP contribution in [0.4, 0.5) is 0 Å². The highest BCUT2D eigenvalue weighted by molar-refractivity contribution is 7.18. The third kappa shape index (κ3) is 2.70. The van der Waals surface area contributed by atoms with Crippen molar-refractivity contribution in [1.82, 2.24) is 4.98 Å². The first-order chi connectivity index (χ1) is 8.63. The molecule has 96 valence electrons. The zero-order chi connectivity index (χ0) is 13.1. The average Bonchev–Trinajstić information content (AvgIpc) is 2.74. The van der Waals surface area contributed by atoms with Crippen LogP contribution in [0.15, 0.2) is 18.2 Å². The molecule has 1 unspecified atom stereocenters. The molecule has 1 aromatic heterocycles. The normalized spacial score (nSPS) is 12.6. The number of carbonyl (C=O) groups is 1. The monoisotopic (exact) mass is 263 g/mol. The zero-order valence-electron chi connectivity index (χ0n) is 10.9.